The quantitative estimate of drug-likeness (QED) is 0.701. The minimum Gasteiger partial charge on any atom is -0.0692 e. The van der Waals surface area contributed by atoms with Gasteiger partial charge in [0.1, 0.15) is 0 Å². The summed E-state index contributed by atoms with van der Waals surface area (Å²) in [6.45, 7) is 4.38. The lowest BCUT2D eigenvalue weighted by Gasteiger charge is -2.24. The highest BCUT2D eigenvalue weighted by molar-refractivity contribution is 5.55. The molecule has 0 aliphatic heterocycles. The maximum absolute atomic E-state index is 2.32. The fourth-order valence-corrected chi connectivity index (χ4v) is 2.98. The van der Waals surface area contributed by atoms with Crippen LogP contribution in [0.1, 0.15) is 30.9 Å². The number of rotatable bonds is 3. The molecule has 0 nitrogen and oxygen atoms in total. The molecule has 0 saturated carbocycles. The summed E-state index contributed by atoms with van der Waals surface area (Å²) in [7, 11) is 0. The van der Waals surface area contributed by atoms with Crippen molar-refractivity contribution in [2.45, 2.75) is 19.8 Å². The Morgan fingerprint density at radius 3 is 1.55 bits per heavy atom. The van der Waals surface area contributed by atoms with E-state index in [4.69, 9.17) is 0 Å². The van der Waals surface area contributed by atoms with Crippen LogP contribution in [-0.2, 0) is 0 Å². The monoisotopic (exact) mass is 259 g/mol. The second-order valence-electron chi connectivity index (χ2n) is 5.43. The Morgan fingerprint density at radius 2 is 1.15 bits per heavy atom. The smallest absolute Gasteiger partial charge is 0.0344 e. The fraction of sp³-hybridized carbons (Fsp3) is 0.150. The standard InChI is InChI=1S/C20H19/c1-15-13-16(2)19(14-15)20(17-9-5-3-6-10-17)18-11-7-4-8-12-18/h3-14,20H,1-2H3. The summed E-state index contributed by atoms with van der Waals surface area (Å²) in [6.07, 6.45) is 4.59. The van der Waals surface area contributed by atoms with Crippen molar-refractivity contribution in [3.05, 3.63) is 101 Å². The Bertz CT molecular complexity index is 593. The molecule has 0 heteroatoms. The van der Waals surface area contributed by atoms with E-state index in [1.807, 2.05) is 0 Å². The van der Waals surface area contributed by atoms with Crippen LogP contribution in [0.15, 0.2) is 84.0 Å². The molecule has 0 N–H and O–H groups in total. The van der Waals surface area contributed by atoms with Crippen molar-refractivity contribution in [3.63, 3.8) is 0 Å². The predicted octanol–water partition coefficient (Wildman–Crippen LogP) is 5.30. The second-order valence-corrected chi connectivity index (χ2v) is 5.43. The Kier molecular flexibility index (Phi) is 3.56. The molecule has 20 heavy (non-hydrogen) atoms. The highest BCUT2D eigenvalue weighted by Gasteiger charge is 2.27. The third kappa shape index (κ3) is 2.46. The molecule has 0 unspecified atom stereocenters. The van der Waals surface area contributed by atoms with Crippen LogP contribution < -0.4 is 0 Å². The summed E-state index contributed by atoms with van der Waals surface area (Å²) in [5.74, 6) is 1.74. The molecule has 0 saturated heterocycles. The van der Waals surface area contributed by atoms with E-state index in [0.29, 0.717) is 5.92 Å². The molecule has 0 fully saturated rings. The molecule has 1 aliphatic carbocycles. The van der Waals surface area contributed by atoms with Gasteiger partial charge in [-0.05, 0) is 25.0 Å². The average Bonchev–Trinajstić information content (AvgIpc) is 2.80. The van der Waals surface area contributed by atoms with Gasteiger partial charge in [-0.1, -0.05) is 84.0 Å². The van der Waals surface area contributed by atoms with Gasteiger partial charge in [0.25, 0.3) is 0 Å². The maximum atomic E-state index is 2.32. The van der Waals surface area contributed by atoms with Gasteiger partial charge < -0.3 is 0 Å². The van der Waals surface area contributed by atoms with Gasteiger partial charge in [0.05, 0.1) is 0 Å². The lowest BCUT2D eigenvalue weighted by molar-refractivity contribution is 0.882. The van der Waals surface area contributed by atoms with Crippen molar-refractivity contribution in [2.75, 3.05) is 0 Å². The number of benzene rings is 2. The van der Waals surface area contributed by atoms with E-state index in [2.05, 4.69) is 86.7 Å². The number of allylic oxidation sites excluding steroid dienone is 4. The minimum atomic E-state index is 0.325. The van der Waals surface area contributed by atoms with Crippen LogP contribution in [0.3, 0.4) is 0 Å². The van der Waals surface area contributed by atoms with Gasteiger partial charge in [-0.3, -0.25) is 0 Å². The van der Waals surface area contributed by atoms with Crippen LogP contribution in [0.4, 0.5) is 0 Å². The topological polar surface area (TPSA) is 0 Å². The van der Waals surface area contributed by atoms with Crippen LogP contribution in [0, 0.1) is 5.92 Å². The molecule has 0 bridgehead atoms. The van der Waals surface area contributed by atoms with Crippen molar-refractivity contribution in [1.82, 2.24) is 0 Å². The molecule has 0 amide bonds. The maximum Gasteiger partial charge on any atom is 0.0344 e. The molecular formula is C20H19. The molecule has 3 rings (SSSR count). The van der Waals surface area contributed by atoms with E-state index in [0.717, 1.165) is 0 Å². The molecule has 0 aromatic heterocycles. The zero-order valence-corrected chi connectivity index (χ0v) is 12.0. The van der Waals surface area contributed by atoms with Crippen LogP contribution in [0.2, 0.25) is 0 Å². The Hall–Kier alpha value is -2.08. The van der Waals surface area contributed by atoms with Crippen LogP contribution in [0.25, 0.3) is 0 Å². The van der Waals surface area contributed by atoms with Crippen molar-refractivity contribution in [2.24, 2.45) is 0 Å². The van der Waals surface area contributed by atoms with E-state index in [1.165, 1.54) is 28.2 Å². The van der Waals surface area contributed by atoms with Gasteiger partial charge in [0.2, 0.25) is 0 Å². The summed E-state index contributed by atoms with van der Waals surface area (Å²) in [6, 6.07) is 21.5. The highest BCUT2D eigenvalue weighted by atomic mass is 14.3. The van der Waals surface area contributed by atoms with Gasteiger partial charge in [0.15, 0.2) is 0 Å². The van der Waals surface area contributed by atoms with E-state index in [-0.39, 0.29) is 0 Å². The highest BCUT2D eigenvalue weighted by Crippen LogP contribution is 2.42. The Balaban J connectivity index is 2.08. The largest absolute Gasteiger partial charge is 0.0692 e. The Labute approximate surface area is 121 Å². The minimum absolute atomic E-state index is 0.325. The predicted molar refractivity (Wildman–Crippen MR) is 85.5 cm³/mol. The van der Waals surface area contributed by atoms with Gasteiger partial charge in [0, 0.05) is 11.8 Å². The van der Waals surface area contributed by atoms with Crippen LogP contribution >= 0.6 is 0 Å². The van der Waals surface area contributed by atoms with Gasteiger partial charge in [-0.2, -0.15) is 0 Å². The third-order valence-electron chi connectivity index (χ3n) is 3.86. The first kappa shape index (κ1) is 12.9. The lowest BCUT2D eigenvalue weighted by atomic mass is 9.78. The number of hydrogen-bond acceptors (Lipinski definition) is 0. The Morgan fingerprint density at radius 1 is 0.650 bits per heavy atom. The second kappa shape index (κ2) is 5.50. The lowest BCUT2D eigenvalue weighted by Crippen LogP contribution is -2.10. The normalized spacial score (nSPS) is 15.3. The zero-order valence-electron chi connectivity index (χ0n) is 12.0. The van der Waals surface area contributed by atoms with E-state index in [9.17, 15) is 0 Å². The third-order valence-corrected chi connectivity index (χ3v) is 3.86. The summed E-state index contributed by atoms with van der Waals surface area (Å²) >= 11 is 0. The molecule has 2 aromatic rings. The molecule has 0 atom stereocenters. The molecule has 99 valence electrons. The molecular weight excluding hydrogens is 240 g/mol. The van der Waals surface area contributed by atoms with Gasteiger partial charge >= 0.3 is 0 Å². The first-order chi connectivity index (χ1) is 9.75. The molecule has 1 radical (unpaired) electrons. The van der Waals surface area contributed by atoms with E-state index < -0.39 is 0 Å². The summed E-state index contributed by atoms with van der Waals surface area (Å²) < 4.78 is 0. The van der Waals surface area contributed by atoms with Gasteiger partial charge in [-0.15, -0.1) is 0 Å². The van der Waals surface area contributed by atoms with Crippen molar-refractivity contribution in [1.29, 1.82) is 0 Å². The molecule has 2 aromatic carbocycles. The summed E-state index contributed by atoms with van der Waals surface area (Å²) in [5, 5.41) is 0. The fourth-order valence-electron chi connectivity index (χ4n) is 2.98. The first-order valence-electron chi connectivity index (χ1n) is 7.09. The van der Waals surface area contributed by atoms with Crippen LogP contribution in [-0.4, -0.2) is 0 Å². The van der Waals surface area contributed by atoms with Crippen molar-refractivity contribution < 1.29 is 0 Å². The van der Waals surface area contributed by atoms with Crippen LogP contribution in [0.5, 0.6) is 0 Å². The van der Waals surface area contributed by atoms with E-state index in [1.54, 1.807) is 0 Å². The first-order valence-corrected chi connectivity index (χ1v) is 7.09. The SMILES string of the molecule is CC1=C[C](C(c2ccccc2)c2ccccc2)C(C)=C1. The summed E-state index contributed by atoms with van der Waals surface area (Å²) in [5.41, 5.74) is 5.43. The molecule has 0 heterocycles. The van der Waals surface area contributed by atoms with Crippen molar-refractivity contribution >= 4 is 0 Å². The zero-order chi connectivity index (χ0) is 13.9. The average molecular weight is 259 g/mol. The molecule has 1 aliphatic rings. The van der Waals surface area contributed by atoms with Gasteiger partial charge in [-0.25, -0.2) is 0 Å². The molecule has 0 spiro atoms. The van der Waals surface area contributed by atoms with E-state index >= 15 is 0 Å². The number of hydrogen-bond donors (Lipinski definition) is 0. The van der Waals surface area contributed by atoms with Crippen molar-refractivity contribution in [3.8, 4) is 0 Å². The summed E-state index contributed by atoms with van der Waals surface area (Å²) in [4.78, 5) is 0.